The molecule has 0 bridgehead atoms. The maximum Gasteiger partial charge on any atom is 0.315 e. The van der Waals surface area contributed by atoms with Gasteiger partial charge in [0.15, 0.2) is 0 Å². The number of nitrogens with one attached hydrogen (secondary N) is 2. The molecule has 2 fully saturated rings. The molecule has 3 rings (SSSR count). The number of ether oxygens (including phenoxy) is 1. The molecule has 0 aliphatic heterocycles. The number of hydrogen-bond donors (Lipinski definition) is 2. The normalized spacial score (nSPS) is 25.3. The first-order valence-electron chi connectivity index (χ1n) is 8.78. The van der Waals surface area contributed by atoms with Crippen molar-refractivity contribution >= 4 is 6.03 Å². The number of rotatable bonds is 6. The molecule has 2 atom stereocenters. The van der Waals surface area contributed by atoms with Crippen LogP contribution >= 0.6 is 0 Å². The number of hydrogen-bond acceptors (Lipinski definition) is 3. The van der Waals surface area contributed by atoms with Crippen LogP contribution in [0.4, 0.5) is 4.79 Å². The van der Waals surface area contributed by atoms with Crippen molar-refractivity contribution in [2.75, 3.05) is 13.2 Å². The van der Waals surface area contributed by atoms with Gasteiger partial charge in [-0.25, -0.2) is 4.79 Å². The maximum atomic E-state index is 12.2. The van der Waals surface area contributed by atoms with Crippen LogP contribution in [0.15, 0.2) is 12.3 Å². The first-order chi connectivity index (χ1) is 11.1. The first-order valence-corrected chi connectivity index (χ1v) is 8.78. The van der Waals surface area contributed by atoms with Gasteiger partial charge in [-0.3, -0.25) is 4.68 Å². The molecule has 128 valence electrons. The van der Waals surface area contributed by atoms with Crippen LogP contribution in [0.25, 0.3) is 0 Å². The van der Waals surface area contributed by atoms with Gasteiger partial charge >= 0.3 is 6.03 Å². The Bertz CT molecular complexity index is 536. The van der Waals surface area contributed by atoms with E-state index < -0.39 is 0 Å². The Balaban J connectivity index is 1.44. The topological polar surface area (TPSA) is 68.2 Å². The molecule has 23 heavy (non-hydrogen) atoms. The predicted molar refractivity (Wildman–Crippen MR) is 88.2 cm³/mol. The lowest BCUT2D eigenvalue weighted by Gasteiger charge is -2.53. The van der Waals surface area contributed by atoms with Gasteiger partial charge < -0.3 is 15.4 Å². The molecule has 0 unspecified atom stereocenters. The molecule has 6 nitrogen and oxygen atoms in total. The van der Waals surface area contributed by atoms with E-state index >= 15 is 0 Å². The molecule has 0 saturated heterocycles. The summed E-state index contributed by atoms with van der Waals surface area (Å²) in [6.07, 6.45) is 8.81. The molecular formula is C17H28N4O2. The second-order valence-corrected chi connectivity index (χ2v) is 6.80. The second-order valence-electron chi connectivity index (χ2n) is 6.80. The molecule has 0 radical (unpaired) electrons. The van der Waals surface area contributed by atoms with Gasteiger partial charge in [0.2, 0.25) is 0 Å². The lowest BCUT2D eigenvalue weighted by molar-refractivity contribution is -0.126. The Hall–Kier alpha value is -1.56. The third-order valence-corrected chi connectivity index (χ3v) is 5.43. The van der Waals surface area contributed by atoms with Crippen LogP contribution in [0, 0.1) is 5.41 Å². The fraction of sp³-hybridized carbons (Fsp3) is 0.765. The molecule has 2 aliphatic carbocycles. The van der Waals surface area contributed by atoms with E-state index in [-0.39, 0.29) is 17.5 Å². The Kier molecular flexibility index (Phi) is 4.90. The van der Waals surface area contributed by atoms with Gasteiger partial charge in [-0.2, -0.15) is 5.10 Å². The fourth-order valence-electron chi connectivity index (χ4n) is 4.20. The summed E-state index contributed by atoms with van der Waals surface area (Å²) in [4.78, 5) is 12.2. The molecular weight excluding hydrogens is 292 g/mol. The zero-order valence-electron chi connectivity index (χ0n) is 14.2. The average molecular weight is 320 g/mol. The zero-order chi connectivity index (χ0) is 16.3. The van der Waals surface area contributed by atoms with E-state index in [0.717, 1.165) is 25.1 Å². The highest BCUT2D eigenvalue weighted by atomic mass is 16.5. The van der Waals surface area contributed by atoms with Gasteiger partial charge in [-0.05, 0) is 32.3 Å². The SMILES string of the molecule is CCO[C@@H]1C[C@H](NC(=O)NCCc2ccn(C)n2)C12CCCC2. The highest BCUT2D eigenvalue weighted by Gasteiger charge is 2.57. The van der Waals surface area contributed by atoms with Crippen molar-refractivity contribution < 1.29 is 9.53 Å². The van der Waals surface area contributed by atoms with Crippen molar-refractivity contribution in [3.05, 3.63) is 18.0 Å². The summed E-state index contributed by atoms with van der Waals surface area (Å²) in [6, 6.07) is 2.18. The van der Waals surface area contributed by atoms with Gasteiger partial charge in [-0.15, -0.1) is 0 Å². The van der Waals surface area contributed by atoms with Gasteiger partial charge in [-0.1, -0.05) is 12.8 Å². The highest BCUT2D eigenvalue weighted by Crippen LogP contribution is 2.54. The summed E-state index contributed by atoms with van der Waals surface area (Å²) >= 11 is 0. The monoisotopic (exact) mass is 320 g/mol. The summed E-state index contributed by atoms with van der Waals surface area (Å²) in [7, 11) is 1.90. The number of aromatic nitrogens is 2. The molecule has 6 heteroatoms. The quantitative estimate of drug-likeness (QED) is 0.842. The molecule has 1 aromatic rings. The lowest BCUT2D eigenvalue weighted by Crippen LogP contribution is -2.64. The minimum Gasteiger partial charge on any atom is -0.378 e. The minimum atomic E-state index is -0.0628. The van der Waals surface area contributed by atoms with E-state index in [1.54, 1.807) is 4.68 Å². The standard InChI is InChI=1S/C17H28N4O2/c1-3-23-15-12-14(17(15)8-4-5-9-17)19-16(22)18-10-6-13-7-11-21(2)20-13/h7,11,14-15H,3-6,8-10,12H2,1-2H3,(H2,18,19,22)/t14-,15+/m0/s1. The van der Waals surface area contributed by atoms with Crippen molar-refractivity contribution in [1.29, 1.82) is 0 Å². The van der Waals surface area contributed by atoms with Crippen molar-refractivity contribution in [3.63, 3.8) is 0 Å². The fourth-order valence-corrected chi connectivity index (χ4v) is 4.20. The van der Waals surface area contributed by atoms with Gasteiger partial charge in [0.1, 0.15) is 0 Å². The number of nitrogens with zero attached hydrogens (tertiary/aromatic N) is 2. The molecule has 2 N–H and O–H groups in total. The van der Waals surface area contributed by atoms with Crippen LogP contribution in [-0.2, 0) is 18.2 Å². The van der Waals surface area contributed by atoms with Crippen molar-refractivity contribution in [2.24, 2.45) is 12.5 Å². The largest absolute Gasteiger partial charge is 0.378 e. The van der Waals surface area contributed by atoms with E-state index in [2.05, 4.69) is 15.7 Å². The summed E-state index contributed by atoms with van der Waals surface area (Å²) in [6.45, 7) is 3.42. The smallest absolute Gasteiger partial charge is 0.315 e. The van der Waals surface area contributed by atoms with Crippen LogP contribution in [0.5, 0.6) is 0 Å². The van der Waals surface area contributed by atoms with Crippen LogP contribution in [-0.4, -0.2) is 41.1 Å². The zero-order valence-corrected chi connectivity index (χ0v) is 14.2. The predicted octanol–water partition coefficient (Wildman–Crippen LogP) is 2.00. The lowest BCUT2D eigenvalue weighted by atomic mass is 9.60. The minimum absolute atomic E-state index is 0.0628. The molecule has 1 aromatic heterocycles. The van der Waals surface area contributed by atoms with E-state index in [1.807, 2.05) is 26.2 Å². The second kappa shape index (κ2) is 6.91. The Labute approximate surface area is 138 Å². The summed E-state index contributed by atoms with van der Waals surface area (Å²) < 4.78 is 7.67. The van der Waals surface area contributed by atoms with E-state index in [4.69, 9.17) is 4.74 Å². The Morgan fingerprint density at radius 3 is 2.91 bits per heavy atom. The number of aryl methyl sites for hydroxylation is 1. The number of carbonyl (C=O) groups is 1. The summed E-state index contributed by atoms with van der Waals surface area (Å²) in [5.41, 5.74) is 1.19. The highest BCUT2D eigenvalue weighted by molar-refractivity contribution is 5.74. The third kappa shape index (κ3) is 3.37. The maximum absolute atomic E-state index is 12.2. The van der Waals surface area contributed by atoms with Crippen molar-refractivity contribution in [1.82, 2.24) is 20.4 Å². The Morgan fingerprint density at radius 1 is 1.48 bits per heavy atom. The van der Waals surface area contributed by atoms with Crippen LogP contribution in [0.1, 0.15) is 44.7 Å². The van der Waals surface area contributed by atoms with Gasteiger partial charge in [0.25, 0.3) is 0 Å². The summed E-state index contributed by atoms with van der Waals surface area (Å²) in [5, 5.41) is 10.4. The van der Waals surface area contributed by atoms with Gasteiger partial charge in [0, 0.05) is 44.3 Å². The first kappa shape index (κ1) is 16.3. The van der Waals surface area contributed by atoms with Crippen LogP contribution in [0.2, 0.25) is 0 Å². The van der Waals surface area contributed by atoms with Crippen LogP contribution < -0.4 is 10.6 Å². The molecule has 1 heterocycles. The van der Waals surface area contributed by atoms with Crippen LogP contribution in [0.3, 0.4) is 0 Å². The molecule has 0 aromatic carbocycles. The molecule has 2 aliphatic rings. The molecule has 1 spiro atoms. The summed E-state index contributed by atoms with van der Waals surface area (Å²) in [5.74, 6) is 0. The van der Waals surface area contributed by atoms with Crippen molar-refractivity contribution in [3.8, 4) is 0 Å². The van der Waals surface area contributed by atoms with E-state index in [1.165, 1.54) is 25.7 Å². The van der Waals surface area contributed by atoms with E-state index in [0.29, 0.717) is 12.6 Å². The van der Waals surface area contributed by atoms with E-state index in [9.17, 15) is 4.79 Å². The number of amides is 2. The number of urea groups is 1. The van der Waals surface area contributed by atoms with Crippen molar-refractivity contribution in [2.45, 2.75) is 57.6 Å². The number of carbonyl (C=O) groups excluding carboxylic acids is 1. The average Bonchev–Trinajstić information content (AvgIpc) is 3.17. The third-order valence-electron chi connectivity index (χ3n) is 5.43. The molecule has 2 saturated carbocycles. The van der Waals surface area contributed by atoms with Gasteiger partial charge in [0.05, 0.1) is 11.8 Å². The Morgan fingerprint density at radius 2 is 2.26 bits per heavy atom. The molecule has 2 amide bonds.